The number of nitrogens with one attached hydrogen (secondary N) is 1. The van der Waals surface area contributed by atoms with E-state index in [9.17, 15) is 9.59 Å². The molecule has 1 aromatic heterocycles. The molecule has 0 radical (unpaired) electrons. The third kappa shape index (κ3) is 6.38. The van der Waals surface area contributed by atoms with E-state index < -0.39 is 6.04 Å². The summed E-state index contributed by atoms with van der Waals surface area (Å²) in [5.74, 6) is 3.87. The predicted octanol–water partition coefficient (Wildman–Crippen LogP) is 4.90. The Kier molecular flexibility index (Phi) is 9.33. The normalized spacial score (nSPS) is 14.4. The van der Waals surface area contributed by atoms with E-state index in [0.29, 0.717) is 50.1 Å². The Morgan fingerprint density at radius 2 is 1.91 bits per heavy atom. The number of terminal acetylenes is 1. The molecule has 1 amide bonds. The number of carbonyl (C=O) groups is 1. The Labute approximate surface area is 266 Å². The lowest BCUT2D eigenvalue weighted by Gasteiger charge is -2.25. The van der Waals surface area contributed by atoms with Crippen LogP contribution in [0.15, 0.2) is 87.8 Å². The average molecular weight is 706 g/mol. The van der Waals surface area contributed by atoms with Gasteiger partial charge in [-0.15, -0.1) is 6.42 Å². The molecular weight excluding hydrogens is 677 g/mol. The third-order valence-electron chi connectivity index (χ3n) is 6.65. The Morgan fingerprint density at radius 3 is 2.58 bits per heavy atom. The molecule has 1 atom stereocenters. The molecule has 43 heavy (non-hydrogen) atoms. The first-order chi connectivity index (χ1) is 20.8. The molecule has 0 spiro atoms. The molecule has 0 saturated carbocycles. The lowest BCUT2D eigenvalue weighted by Crippen LogP contribution is -2.40. The summed E-state index contributed by atoms with van der Waals surface area (Å²) in [4.78, 5) is 33.1. The number of methoxy groups -OCH3 is 1. The van der Waals surface area contributed by atoms with Crippen LogP contribution in [0.25, 0.3) is 6.08 Å². The summed E-state index contributed by atoms with van der Waals surface area (Å²) >= 11 is 3.41. The van der Waals surface area contributed by atoms with E-state index >= 15 is 0 Å². The number of aromatic nitrogens is 1. The number of para-hydroxylation sites is 1. The van der Waals surface area contributed by atoms with E-state index in [-0.39, 0.29) is 18.1 Å². The van der Waals surface area contributed by atoms with Crippen molar-refractivity contribution in [2.24, 2.45) is 4.99 Å². The molecule has 3 aromatic carbocycles. The van der Waals surface area contributed by atoms with Crippen LogP contribution in [0.1, 0.15) is 31.0 Å². The second kappa shape index (κ2) is 13.3. The number of ether oxygens (including phenoxy) is 3. The molecule has 8 nitrogen and oxygen atoms in total. The highest BCUT2D eigenvalue weighted by Crippen LogP contribution is 2.35. The van der Waals surface area contributed by atoms with Crippen LogP contribution in [-0.4, -0.2) is 30.8 Å². The van der Waals surface area contributed by atoms with Gasteiger partial charge in [0.25, 0.3) is 11.5 Å². The van der Waals surface area contributed by atoms with Crippen LogP contribution in [-0.2, 0) is 4.79 Å². The van der Waals surface area contributed by atoms with Crippen LogP contribution in [0.2, 0.25) is 0 Å². The van der Waals surface area contributed by atoms with Crippen molar-refractivity contribution in [3.8, 4) is 29.6 Å². The fourth-order valence-corrected chi connectivity index (χ4v) is 6.62. The number of allylic oxidation sites excluding steroid dienone is 1. The molecular formula is C33H28IN3O5S. The predicted molar refractivity (Wildman–Crippen MR) is 176 cm³/mol. The van der Waals surface area contributed by atoms with E-state index in [1.54, 1.807) is 30.7 Å². The molecule has 10 heteroatoms. The van der Waals surface area contributed by atoms with E-state index in [0.717, 1.165) is 14.7 Å². The van der Waals surface area contributed by atoms with Gasteiger partial charge in [0.15, 0.2) is 16.3 Å². The van der Waals surface area contributed by atoms with Crippen LogP contribution in [0, 0.1) is 15.9 Å². The molecule has 1 N–H and O–H groups in total. The minimum atomic E-state index is -0.702. The molecule has 4 aromatic rings. The summed E-state index contributed by atoms with van der Waals surface area (Å²) in [5, 5.41) is 2.97. The van der Waals surface area contributed by atoms with Gasteiger partial charge in [-0.05, 0) is 90.0 Å². The highest BCUT2D eigenvalue weighted by atomic mass is 127. The molecule has 1 aliphatic rings. The number of amides is 1. The van der Waals surface area contributed by atoms with Crippen LogP contribution in [0.3, 0.4) is 0 Å². The van der Waals surface area contributed by atoms with E-state index in [1.165, 1.54) is 11.3 Å². The minimum absolute atomic E-state index is 0.107. The second-order valence-electron chi connectivity index (χ2n) is 9.43. The Hall–Kier alpha value is -4.34. The zero-order valence-corrected chi connectivity index (χ0v) is 26.7. The molecule has 5 rings (SSSR count). The first-order valence-corrected chi connectivity index (χ1v) is 15.3. The summed E-state index contributed by atoms with van der Waals surface area (Å²) in [5.41, 5.74) is 2.81. The molecule has 0 fully saturated rings. The van der Waals surface area contributed by atoms with E-state index in [4.69, 9.17) is 25.6 Å². The van der Waals surface area contributed by atoms with E-state index in [1.807, 2.05) is 67.6 Å². The van der Waals surface area contributed by atoms with Crippen LogP contribution >= 0.6 is 33.9 Å². The van der Waals surface area contributed by atoms with Crippen molar-refractivity contribution in [2.45, 2.75) is 19.9 Å². The smallest absolute Gasteiger partial charge is 0.271 e. The lowest BCUT2D eigenvalue weighted by atomic mass is 9.95. The molecule has 0 aliphatic carbocycles. The van der Waals surface area contributed by atoms with Gasteiger partial charge in [0, 0.05) is 5.69 Å². The number of hydrogen-bond donors (Lipinski definition) is 1. The van der Waals surface area contributed by atoms with Gasteiger partial charge in [0.1, 0.15) is 12.4 Å². The molecule has 218 valence electrons. The lowest BCUT2D eigenvalue weighted by molar-refractivity contribution is -0.113. The number of rotatable bonds is 9. The number of thiazole rings is 1. The zero-order chi connectivity index (χ0) is 30.5. The number of benzene rings is 3. The highest BCUT2D eigenvalue weighted by Gasteiger charge is 2.32. The van der Waals surface area contributed by atoms with Crippen molar-refractivity contribution in [1.82, 2.24) is 4.57 Å². The second-order valence-corrected chi connectivity index (χ2v) is 11.6. The number of nitrogens with zero attached hydrogens (tertiary/aromatic N) is 2. The van der Waals surface area contributed by atoms with Crippen LogP contribution in [0.5, 0.6) is 17.2 Å². The van der Waals surface area contributed by atoms with Crippen molar-refractivity contribution < 1.29 is 19.0 Å². The van der Waals surface area contributed by atoms with Gasteiger partial charge in [0.2, 0.25) is 0 Å². The van der Waals surface area contributed by atoms with Gasteiger partial charge >= 0.3 is 0 Å². The third-order valence-corrected chi connectivity index (χ3v) is 8.44. The fourth-order valence-electron chi connectivity index (χ4n) is 4.79. The van der Waals surface area contributed by atoms with Gasteiger partial charge in [-0.2, -0.15) is 0 Å². The van der Waals surface area contributed by atoms with Gasteiger partial charge in [-0.3, -0.25) is 14.2 Å². The quantitative estimate of drug-likeness (QED) is 0.198. The molecule has 0 saturated heterocycles. The van der Waals surface area contributed by atoms with Gasteiger partial charge in [0.05, 0.1) is 39.1 Å². The summed E-state index contributed by atoms with van der Waals surface area (Å²) < 4.78 is 19.7. The van der Waals surface area contributed by atoms with E-state index in [2.05, 4.69) is 33.8 Å². The largest absolute Gasteiger partial charge is 0.494 e. The zero-order valence-electron chi connectivity index (χ0n) is 23.7. The summed E-state index contributed by atoms with van der Waals surface area (Å²) in [6, 6.07) is 19.6. The van der Waals surface area contributed by atoms with Gasteiger partial charge < -0.3 is 19.5 Å². The number of hydrogen-bond acceptors (Lipinski definition) is 7. The molecule has 0 bridgehead atoms. The average Bonchev–Trinajstić information content (AvgIpc) is 3.30. The monoisotopic (exact) mass is 705 g/mol. The summed E-state index contributed by atoms with van der Waals surface area (Å²) in [7, 11) is 1.55. The molecule has 2 heterocycles. The maximum Gasteiger partial charge on any atom is 0.271 e. The molecule has 0 unspecified atom stereocenters. The summed E-state index contributed by atoms with van der Waals surface area (Å²) in [6.45, 7) is 4.34. The standard InChI is InChI=1S/C33H28IN3O5S/c1-5-16-42-30-25(34)17-21(18-26(30)40-4)19-27-32(39)37-29(22-12-14-24(15-13-22)41-6-2)28(20(3)35-33(37)43-27)31(38)36-23-10-8-7-9-11-23/h1,7-15,17-19,29H,6,16H2,2-4H3,(H,36,38)/b27-19-/t29-/m1/s1. The summed E-state index contributed by atoms with van der Waals surface area (Å²) in [6.07, 6.45) is 7.15. The van der Waals surface area contributed by atoms with Crippen molar-refractivity contribution in [3.05, 3.63) is 112 Å². The number of fused-ring (bicyclic) bond motifs is 1. The van der Waals surface area contributed by atoms with Gasteiger partial charge in [-0.1, -0.05) is 47.6 Å². The number of halogens is 1. The Morgan fingerprint density at radius 1 is 1.16 bits per heavy atom. The Bertz CT molecular complexity index is 1920. The van der Waals surface area contributed by atoms with Crippen molar-refractivity contribution in [2.75, 3.05) is 25.6 Å². The van der Waals surface area contributed by atoms with Gasteiger partial charge in [-0.25, -0.2) is 4.99 Å². The maximum absolute atomic E-state index is 14.1. The maximum atomic E-state index is 14.1. The van der Waals surface area contributed by atoms with Crippen molar-refractivity contribution >= 4 is 51.6 Å². The first-order valence-electron chi connectivity index (χ1n) is 13.4. The first kappa shape index (κ1) is 30.1. The molecule has 1 aliphatic heterocycles. The van der Waals surface area contributed by atoms with Crippen molar-refractivity contribution in [3.63, 3.8) is 0 Å². The topological polar surface area (TPSA) is 91.2 Å². The minimum Gasteiger partial charge on any atom is -0.494 e. The highest BCUT2D eigenvalue weighted by molar-refractivity contribution is 14.1. The van der Waals surface area contributed by atoms with Crippen molar-refractivity contribution in [1.29, 1.82) is 0 Å². The SMILES string of the molecule is C#CCOc1c(I)cc(/C=c2\sc3n(c2=O)[C@H](c2ccc(OCC)cc2)C(C(=O)Nc2ccccc2)=C(C)N=3)cc1OC. The number of carbonyl (C=O) groups excluding carboxylic acids is 1. The number of anilines is 1. The van der Waals surface area contributed by atoms with Crippen LogP contribution in [0.4, 0.5) is 5.69 Å². The van der Waals surface area contributed by atoms with Crippen LogP contribution < -0.4 is 34.4 Å². The Balaban J connectivity index is 1.64. The fraction of sp³-hybridized carbons (Fsp3) is 0.182.